The van der Waals surface area contributed by atoms with E-state index < -0.39 is 0 Å². The van der Waals surface area contributed by atoms with Gasteiger partial charge in [-0.05, 0) is 22.9 Å². The predicted octanol–water partition coefficient (Wildman–Crippen LogP) is 2.91. The van der Waals surface area contributed by atoms with E-state index in [9.17, 15) is 4.39 Å². The van der Waals surface area contributed by atoms with E-state index in [-0.39, 0.29) is 11.6 Å². The van der Waals surface area contributed by atoms with Gasteiger partial charge in [-0.2, -0.15) is 0 Å². The standard InChI is InChI=1S/C9H10BrFO2/c1-5-8(10)6(12-2)4-7(13-3)9(5)11/h4H,1-3H3. The van der Waals surface area contributed by atoms with Crippen molar-refractivity contribution in [1.82, 2.24) is 0 Å². The van der Waals surface area contributed by atoms with Crippen LogP contribution in [0.15, 0.2) is 10.5 Å². The summed E-state index contributed by atoms with van der Waals surface area (Å²) in [6, 6.07) is 1.51. The Balaban J connectivity index is 3.36. The first kappa shape index (κ1) is 10.3. The van der Waals surface area contributed by atoms with E-state index in [1.54, 1.807) is 6.92 Å². The van der Waals surface area contributed by atoms with Crippen molar-refractivity contribution >= 4 is 15.9 Å². The van der Waals surface area contributed by atoms with Crippen molar-refractivity contribution in [3.05, 3.63) is 21.9 Å². The fourth-order valence-electron chi connectivity index (χ4n) is 1.01. The van der Waals surface area contributed by atoms with Crippen LogP contribution in [0.3, 0.4) is 0 Å². The molecule has 1 rings (SSSR count). The summed E-state index contributed by atoms with van der Waals surface area (Å²) in [5.74, 6) is 0.392. The quantitative estimate of drug-likeness (QED) is 0.802. The van der Waals surface area contributed by atoms with Crippen molar-refractivity contribution in [2.24, 2.45) is 0 Å². The van der Waals surface area contributed by atoms with E-state index in [0.717, 1.165) is 0 Å². The SMILES string of the molecule is COc1cc(OC)c(Br)c(C)c1F. The number of methoxy groups -OCH3 is 2. The van der Waals surface area contributed by atoms with Crippen molar-refractivity contribution in [2.75, 3.05) is 14.2 Å². The molecule has 0 bridgehead atoms. The first-order valence-electron chi connectivity index (χ1n) is 3.68. The van der Waals surface area contributed by atoms with Crippen LogP contribution in [0.1, 0.15) is 5.56 Å². The number of hydrogen-bond donors (Lipinski definition) is 0. The third-order valence-corrected chi connectivity index (χ3v) is 2.78. The van der Waals surface area contributed by atoms with Gasteiger partial charge >= 0.3 is 0 Å². The summed E-state index contributed by atoms with van der Waals surface area (Å²) in [5, 5.41) is 0. The minimum absolute atomic E-state index is 0.192. The largest absolute Gasteiger partial charge is 0.495 e. The molecule has 0 aliphatic carbocycles. The number of hydrogen-bond acceptors (Lipinski definition) is 2. The van der Waals surface area contributed by atoms with Gasteiger partial charge in [0.1, 0.15) is 5.75 Å². The average Bonchev–Trinajstić information content (AvgIpc) is 2.15. The van der Waals surface area contributed by atoms with Crippen LogP contribution in [0.25, 0.3) is 0 Å². The second kappa shape index (κ2) is 3.96. The van der Waals surface area contributed by atoms with E-state index >= 15 is 0 Å². The summed E-state index contributed by atoms with van der Waals surface area (Å²) >= 11 is 3.23. The van der Waals surface area contributed by atoms with E-state index in [4.69, 9.17) is 9.47 Å². The Morgan fingerprint density at radius 1 is 1.23 bits per heavy atom. The van der Waals surface area contributed by atoms with Crippen LogP contribution in [0, 0.1) is 12.7 Å². The summed E-state index contributed by atoms with van der Waals surface area (Å²) < 4.78 is 23.9. The molecule has 0 atom stereocenters. The number of halogens is 2. The topological polar surface area (TPSA) is 18.5 Å². The summed E-state index contributed by atoms with van der Waals surface area (Å²) in [6.45, 7) is 1.66. The highest BCUT2D eigenvalue weighted by molar-refractivity contribution is 9.10. The van der Waals surface area contributed by atoms with Crippen molar-refractivity contribution in [1.29, 1.82) is 0 Å². The van der Waals surface area contributed by atoms with Crippen molar-refractivity contribution < 1.29 is 13.9 Å². The summed E-state index contributed by atoms with van der Waals surface area (Å²) in [6.07, 6.45) is 0. The molecular formula is C9H10BrFO2. The molecule has 0 fully saturated rings. The third-order valence-electron chi connectivity index (χ3n) is 1.79. The van der Waals surface area contributed by atoms with Gasteiger partial charge < -0.3 is 9.47 Å². The zero-order chi connectivity index (χ0) is 10.0. The minimum Gasteiger partial charge on any atom is -0.495 e. The fourth-order valence-corrected chi connectivity index (χ4v) is 1.46. The molecule has 0 spiro atoms. The van der Waals surface area contributed by atoms with Gasteiger partial charge in [0.2, 0.25) is 0 Å². The lowest BCUT2D eigenvalue weighted by molar-refractivity contribution is 0.371. The second-order valence-electron chi connectivity index (χ2n) is 2.53. The monoisotopic (exact) mass is 248 g/mol. The maximum Gasteiger partial charge on any atom is 0.169 e. The predicted molar refractivity (Wildman–Crippen MR) is 51.9 cm³/mol. The fraction of sp³-hybridized carbons (Fsp3) is 0.333. The Morgan fingerprint density at radius 2 is 1.77 bits per heavy atom. The normalized spacial score (nSPS) is 9.92. The molecule has 0 heterocycles. The molecule has 1 aromatic rings. The van der Waals surface area contributed by atoms with Crippen LogP contribution in [0.5, 0.6) is 11.5 Å². The number of rotatable bonds is 2. The lowest BCUT2D eigenvalue weighted by Crippen LogP contribution is -1.95. The van der Waals surface area contributed by atoms with E-state index in [1.807, 2.05) is 0 Å². The maximum atomic E-state index is 13.4. The third kappa shape index (κ3) is 1.77. The number of ether oxygens (including phenoxy) is 2. The summed E-state index contributed by atoms with van der Waals surface area (Å²) in [7, 11) is 2.95. The lowest BCUT2D eigenvalue weighted by Gasteiger charge is -2.10. The summed E-state index contributed by atoms with van der Waals surface area (Å²) in [4.78, 5) is 0. The van der Waals surface area contributed by atoms with E-state index in [1.165, 1.54) is 20.3 Å². The molecule has 13 heavy (non-hydrogen) atoms. The van der Waals surface area contributed by atoms with Gasteiger partial charge in [-0.1, -0.05) is 0 Å². The van der Waals surface area contributed by atoms with Gasteiger partial charge in [0.05, 0.1) is 18.7 Å². The van der Waals surface area contributed by atoms with Crippen molar-refractivity contribution in [2.45, 2.75) is 6.92 Å². The van der Waals surface area contributed by atoms with Gasteiger partial charge in [0, 0.05) is 11.6 Å². The molecule has 4 heteroatoms. The highest BCUT2D eigenvalue weighted by atomic mass is 79.9. The van der Waals surface area contributed by atoms with E-state index in [0.29, 0.717) is 15.8 Å². The van der Waals surface area contributed by atoms with Gasteiger partial charge in [-0.3, -0.25) is 0 Å². The zero-order valence-electron chi connectivity index (χ0n) is 7.65. The van der Waals surface area contributed by atoms with E-state index in [2.05, 4.69) is 15.9 Å². The second-order valence-corrected chi connectivity index (χ2v) is 3.33. The smallest absolute Gasteiger partial charge is 0.169 e. The zero-order valence-corrected chi connectivity index (χ0v) is 9.24. The Bertz CT molecular complexity index is 298. The first-order chi connectivity index (χ1) is 6.11. The van der Waals surface area contributed by atoms with Gasteiger partial charge in [0.25, 0.3) is 0 Å². The summed E-state index contributed by atoms with van der Waals surface area (Å²) in [5.41, 5.74) is 0.483. The first-order valence-corrected chi connectivity index (χ1v) is 4.47. The maximum absolute atomic E-state index is 13.4. The van der Waals surface area contributed by atoms with Gasteiger partial charge in [-0.25, -0.2) is 4.39 Å². The highest BCUT2D eigenvalue weighted by Gasteiger charge is 2.13. The van der Waals surface area contributed by atoms with Crippen LogP contribution in [-0.2, 0) is 0 Å². The van der Waals surface area contributed by atoms with Crippen LogP contribution < -0.4 is 9.47 Å². The van der Waals surface area contributed by atoms with Crippen LogP contribution in [0.2, 0.25) is 0 Å². The molecule has 0 aliphatic rings. The van der Waals surface area contributed by atoms with Crippen LogP contribution in [0.4, 0.5) is 4.39 Å². The Hall–Kier alpha value is -0.770. The Labute approximate surface area is 84.8 Å². The van der Waals surface area contributed by atoms with Crippen molar-refractivity contribution in [3.63, 3.8) is 0 Å². The van der Waals surface area contributed by atoms with Crippen molar-refractivity contribution in [3.8, 4) is 11.5 Å². The molecular weight excluding hydrogens is 239 g/mol. The molecule has 72 valence electrons. The van der Waals surface area contributed by atoms with Gasteiger partial charge in [0.15, 0.2) is 11.6 Å². The Kier molecular flexibility index (Phi) is 3.14. The molecule has 0 saturated heterocycles. The minimum atomic E-state index is -0.366. The lowest BCUT2D eigenvalue weighted by atomic mass is 10.2. The molecule has 1 aromatic carbocycles. The molecule has 0 unspecified atom stereocenters. The molecule has 0 N–H and O–H groups in total. The molecule has 0 aliphatic heterocycles. The van der Waals surface area contributed by atoms with Gasteiger partial charge in [-0.15, -0.1) is 0 Å². The average molecular weight is 249 g/mol. The molecule has 0 amide bonds. The van der Waals surface area contributed by atoms with Crippen LogP contribution >= 0.6 is 15.9 Å². The highest BCUT2D eigenvalue weighted by Crippen LogP contribution is 2.35. The molecule has 0 saturated carbocycles. The molecule has 0 radical (unpaired) electrons. The van der Waals surface area contributed by atoms with Crippen LogP contribution in [-0.4, -0.2) is 14.2 Å². The Morgan fingerprint density at radius 3 is 2.23 bits per heavy atom. The molecule has 0 aromatic heterocycles. The molecule has 2 nitrogen and oxygen atoms in total. The number of benzene rings is 1.